The number of nitrogens with zero attached hydrogens (tertiary/aromatic N) is 2. The van der Waals surface area contributed by atoms with Crippen molar-refractivity contribution in [1.82, 2.24) is 15.6 Å². The van der Waals surface area contributed by atoms with Crippen LogP contribution >= 0.6 is 34.9 Å². The lowest BCUT2D eigenvalue weighted by Crippen LogP contribution is -2.46. The summed E-state index contributed by atoms with van der Waals surface area (Å²) >= 11 is 4.16. The van der Waals surface area contributed by atoms with E-state index in [1.807, 2.05) is 25.3 Å². The molecule has 0 saturated heterocycles. The van der Waals surface area contributed by atoms with Crippen molar-refractivity contribution < 1.29 is 23.9 Å². The number of amides is 2. The van der Waals surface area contributed by atoms with Crippen LogP contribution in [0.2, 0.25) is 0 Å². The van der Waals surface area contributed by atoms with Crippen molar-refractivity contribution in [3.05, 3.63) is 28.2 Å². The minimum Gasteiger partial charge on any atom is -0.456 e. The lowest BCUT2D eigenvalue weighted by Gasteiger charge is -2.23. The van der Waals surface area contributed by atoms with Gasteiger partial charge >= 0.3 is 5.97 Å². The lowest BCUT2D eigenvalue weighted by atomic mass is 10.0. The van der Waals surface area contributed by atoms with Gasteiger partial charge < -0.3 is 15.4 Å². The molecule has 0 fully saturated rings. The molecule has 2 N–H and O–H groups in total. The molecule has 2 atom stereocenters. The van der Waals surface area contributed by atoms with Crippen LogP contribution in [0.25, 0.3) is 0 Å². The first-order chi connectivity index (χ1) is 19.7. The second-order valence-corrected chi connectivity index (χ2v) is 13.3. The molecule has 1 aliphatic heterocycles. The van der Waals surface area contributed by atoms with E-state index in [9.17, 15) is 19.2 Å². The molecule has 2 bridgehead atoms. The molecule has 2 heterocycles. The Morgan fingerprint density at radius 1 is 1.22 bits per heavy atom. The van der Waals surface area contributed by atoms with Gasteiger partial charge in [-0.25, -0.2) is 9.78 Å². The monoisotopic (exact) mass is 624 g/mol. The lowest BCUT2D eigenvalue weighted by molar-refractivity contribution is -0.153. The minimum absolute atomic E-state index is 0.0689. The standard InChI is InChI=1S/C29H44N4O5S3/c1-5-6-7-8-9-13-26(36)39-15-11-10-12-21-17-24(35)31-18-25-32-22(19-41-25)28(30-4)40-16-14-23(34)33-27(20(2)3)29(37)38-21/h10,12,19-21,27H,5-9,11,13-18H2,1-4H3,(H,31,35)(H,33,34)/b12-10+,30-28-/t21?,27-/m0/s1. The van der Waals surface area contributed by atoms with Gasteiger partial charge in [0.05, 0.1) is 13.0 Å². The Bertz CT molecular complexity index is 1060. The van der Waals surface area contributed by atoms with Crippen molar-refractivity contribution in [3.8, 4) is 0 Å². The maximum Gasteiger partial charge on any atom is 0.329 e. The summed E-state index contributed by atoms with van der Waals surface area (Å²) in [4.78, 5) is 59.6. The third kappa shape index (κ3) is 14.0. The normalized spacial score (nSPS) is 20.6. The van der Waals surface area contributed by atoms with E-state index in [4.69, 9.17) is 4.74 Å². The van der Waals surface area contributed by atoms with Gasteiger partial charge in [0, 0.05) is 36.8 Å². The molecule has 12 heteroatoms. The minimum atomic E-state index is -0.840. The number of fused-ring (bicyclic) bond motifs is 2. The van der Waals surface area contributed by atoms with E-state index in [1.54, 1.807) is 13.1 Å². The highest BCUT2D eigenvalue weighted by Crippen LogP contribution is 2.19. The number of carbonyl (C=O) groups excluding carboxylic acids is 4. The fraction of sp³-hybridized carbons (Fsp3) is 0.655. The van der Waals surface area contributed by atoms with E-state index < -0.39 is 18.1 Å². The number of esters is 1. The first kappa shape index (κ1) is 35.0. The van der Waals surface area contributed by atoms with Gasteiger partial charge in [-0.15, -0.1) is 23.1 Å². The van der Waals surface area contributed by atoms with Crippen molar-refractivity contribution in [2.24, 2.45) is 10.9 Å². The molecule has 228 valence electrons. The fourth-order valence-electron chi connectivity index (χ4n) is 3.96. The van der Waals surface area contributed by atoms with Gasteiger partial charge in [0.25, 0.3) is 0 Å². The van der Waals surface area contributed by atoms with Crippen LogP contribution in [0.3, 0.4) is 0 Å². The predicted molar refractivity (Wildman–Crippen MR) is 169 cm³/mol. The highest BCUT2D eigenvalue weighted by molar-refractivity contribution is 8.14. The second kappa shape index (κ2) is 19.9. The zero-order chi connectivity index (χ0) is 30.0. The van der Waals surface area contributed by atoms with Crippen molar-refractivity contribution in [2.75, 3.05) is 18.6 Å². The van der Waals surface area contributed by atoms with Crippen molar-refractivity contribution >= 4 is 62.8 Å². The van der Waals surface area contributed by atoms with E-state index >= 15 is 0 Å². The van der Waals surface area contributed by atoms with Crippen LogP contribution in [-0.4, -0.2) is 63.6 Å². The van der Waals surface area contributed by atoms with Crippen molar-refractivity contribution in [3.63, 3.8) is 0 Å². The number of cyclic esters (lactones) is 1. The molecular weight excluding hydrogens is 581 g/mol. The van der Waals surface area contributed by atoms with Crippen LogP contribution in [0, 0.1) is 5.92 Å². The maximum absolute atomic E-state index is 13.1. The molecule has 2 amide bonds. The molecule has 1 aromatic rings. The molecule has 0 aliphatic carbocycles. The number of aromatic nitrogens is 1. The van der Waals surface area contributed by atoms with E-state index in [2.05, 4.69) is 27.5 Å². The van der Waals surface area contributed by atoms with Crippen LogP contribution in [0.5, 0.6) is 0 Å². The number of ether oxygens (including phenoxy) is 1. The zero-order valence-corrected chi connectivity index (χ0v) is 27.1. The molecular formula is C29H44N4O5S3. The molecule has 0 radical (unpaired) electrons. The van der Waals surface area contributed by atoms with E-state index in [0.29, 0.717) is 35.1 Å². The molecule has 1 unspecified atom stereocenters. The number of allylic oxidation sites excluding steroid dienone is 1. The van der Waals surface area contributed by atoms with Gasteiger partial charge in [0.15, 0.2) is 5.12 Å². The fourth-order valence-corrected chi connectivity index (χ4v) is 6.39. The smallest absolute Gasteiger partial charge is 0.329 e. The summed E-state index contributed by atoms with van der Waals surface area (Å²) in [5.41, 5.74) is 0.712. The number of hydrogen-bond donors (Lipinski definition) is 2. The maximum atomic E-state index is 13.1. The number of hydrogen-bond acceptors (Lipinski definition) is 10. The Hall–Kier alpha value is -2.18. The van der Waals surface area contributed by atoms with Gasteiger partial charge in [-0.1, -0.05) is 64.3 Å². The Labute approximate surface area is 256 Å². The number of rotatable bonds is 11. The van der Waals surface area contributed by atoms with Crippen LogP contribution in [0.15, 0.2) is 22.5 Å². The number of aliphatic imine (C=N–C) groups is 1. The summed E-state index contributed by atoms with van der Waals surface area (Å²) in [7, 11) is 1.68. The number of thioether (sulfide) groups is 2. The molecule has 0 saturated carbocycles. The summed E-state index contributed by atoms with van der Waals surface area (Å²) in [6.07, 6.45) is 9.64. The highest BCUT2D eigenvalue weighted by atomic mass is 32.2. The quantitative estimate of drug-likeness (QED) is 0.193. The van der Waals surface area contributed by atoms with Crippen LogP contribution in [-0.2, 0) is 30.5 Å². The molecule has 41 heavy (non-hydrogen) atoms. The number of unbranched alkanes of at least 4 members (excludes halogenated alkanes) is 4. The number of thiazole rings is 1. The van der Waals surface area contributed by atoms with Gasteiger partial charge in [0.2, 0.25) is 11.8 Å². The highest BCUT2D eigenvalue weighted by Gasteiger charge is 2.28. The Morgan fingerprint density at radius 3 is 2.73 bits per heavy atom. The summed E-state index contributed by atoms with van der Waals surface area (Å²) < 4.78 is 5.73. The van der Waals surface area contributed by atoms with E-state index in [-0.39, 0.29) is 42.2 Å². The summed E-state index contributed by atoms with van der Waals surface area (Å²) in [5.74, 6) is -0.235. The summed E-state index contributed by atoms with van der Waals surface area (Å²) in [6.45, 7) is 6.09. The molecule has 2 rings (SSSR count). The van der Waals surface area contributed by atoms with Crippen molar-refractivity contribution in [1.29, 1.82) is 0 Å². The third-order valence-electron chi connectivity index (χ3n) is 6.25. The summed E-state index contributed by atoms with van der Waals surface area (Å²) in [6, 6.07) is -0.840. The number of carbonyl (C=O) groups is 4. The van der Waals surface area contributed by atoms with Gasteiger partial charge in [0.1, 0.15) is 27.9 Å². The Kier molecular flexibility index (Phi) is 17.0. The summed E-state index contributed by atoms with van der Waals surface area (Å²) in [5, 5.41) is 9.18. The first-order valence-electron chi connectivity index (χ1n) is 14.4. The molecule has 0 spiro atoms. The second-order valence-electron chi connectivity index (χ2n) is 10.1. The molecule has 1 aliphatic rings. The first-order valence-corrected chi connectivity index (χ1v) is 17.2. The van der Waals surface area contributed by atoms with E-state index in [1.165, 1.54) is 54.1 Å². The zero-order valence-electron chi connectivity index (χ0n) is 24.6. The Balaban J connectivity index is 2.04. The average Bonchev–Trinajstić information content (AvgIpc) is 3.40. The van der Waals surface area contributed by atoms with E-state index in [0.717, 1.165) is 17.8 Å². The SMILES string of the molecule is CCCCCCCC(=O)SCC/C=C/C1CC(=O)NCc2nc(cs2)/C(=N/C)SCCC(=O)N[C@@H](C(C)C)C(=O)O1. The largest absolute Gasteiger partial charge is 0.456 e. The van der Waals surface area contributed by atoms with Crippen LogP contribution in [0.4, 0.5) is 0 Å². The van der Waals surface area contributed by atoms with Crippen LogP contribution in [0.1, 0.15) is 89.3 Å². The van der Waals surface area contributed by atoms with Crippen molar-refractivity contribution in [2.45, 2.75) is 97.2 Å². The predicted octanol–water partition coefficient (Wildman–Crippen LogP) is 5.28. The van der Waals surface area contributed by atoms with Gasteiger partial charge in [-0.3, -0.25) is 19.4 Å². The third-order valence-corrected chi connectivity index (χ3v) is 9.14. The van der Waals surface area contributed by atoms with Crippen LogP contribution < -0.4 is 10.6 Å². The molecule has 9 nitrogen and oxygen atoms in total. The van der Waals surface area contributed by atoms with Gasteiger partial charge in [-0.05, 0) is 24.8 Å². The molecule has 1 aromatic heterocycles. The molecule has 0 aromatic carbocycles. The topological polar surface area (TPSA) is 127 Å². The average molecular weight is 625 g/mol. The number of nitrogens with one attached hydrogen (secondary N) is 2. The van der Waals surface area contributed by atoms with Gasteiger partial charge in [-0.2, -0.15) is 0 Å². The Morgan fingerprint density at radius 2 is 2.00 bits per heavy atom.